The van der Waals surface area contributed by atoms with Crippen molar-refractivity contribution >= 4 is 40.2 Å². The van der Waals surface area contributed by atoms with Gasteiger partial charge in [0.25, 0.3) is 5.56 Å². The molecule has 0 amide bonds. The Morgan fingerprint density at radius 3 is 2.76 bits per heavy atom. The number of hydrogen-bond acceptors (Lipinski definition) is 7. The Labute approximate surface area is 244 Å². The average molecular weight is 572 g/mol. The first kappa shape index (κ1) is 27.9. The van der Waals surface area contributed by atoms with Gasteiger partial charge in [-0.15, -0.1) is 0 Å². The number of hydrogen-bond donors (Lipinski definition) is 1. The van der Waals surface area contributed by atoms with Crippen LogP contribution in [0.15, 0.2) is 34.1 Å². The minimum Gasteiger partial charge on any atom is -0.457 e. The Morgan fingerprint density at radius 1 is 1.24 bits per heavy atom. The van der Waals surface area contributed by atoms with Crippen molar-refractivity contribution in [1.82, 2.24) is 9.55 Å². The zero-order valence-electron chi connectivity index (χ0n) is 24.9. The monoisotopic (exact) mass is 571 g/mol. The van der Waals surface area contributed by atoms with Crippen LogP contribution in [0.3, 0.4) is 0 Å². The molecule has 0 saturated heterocycles. The maximum atomic E-state index is 14.0. The number of ether oxygens (including phenoxy) is 2. The SMILES string of the molecule is CCCCN=C1Nc2cccc3nc4c(c(c23)N1CCC(C)C)Cn1c-4cc2c(c1=O)COC(=O)[C@@]2(CC)OC(C)=O. The lowest BCUT2D eigenvalue weighted by atomic mass is 9.85. The highest BCUT2D eigenvalue weighted by Crippen LogP contribution is 2.47. The van der Waals surface area contributed by atoms with E-state index in [1.54, 1.807) is 17.6 Å². The van der Waals surface area contributed by atoms with E-state index < -0.39 is 17.5 Å². The predicted molar refractivity (Wildman–Crippen MR) is 162 cm³/mol. The lowest BCUT2D eigenvalue weighted by Gasteiger charge is -2.35. The maximum Gasteiger partial charge on any atom is 0.355 e. The third kappa shape index (κ3) is 4.26. The molecule has 0 unspecified atom stereocenters. The van der Waals surface area contributed by atoms with Crippen LogP contribution < -0.4 is 15.8 Å². The summed E-state index contributed by atoms with van der Waals surface area (Å²) in [5.41, 5.74) is 3.73. The van der Waals surface area contributed by atoms with Crippen molar-refractivity contribution in [2.24, 2.45) is 10.9 Å². The molecule has 1 atom stereocenters. The van der Waals surface area contributed by atoms with Crippen molar-refractivity contribution < 1.29 is 19.1 Å². The van der Waals surface area contributed by atoms with Gasteiger partial charge in [0.05, 0.1) is 40.4 Å². The number of aliphatic imine (C=N–C) groups is 1. The van der Waals surface area contributed by atoms with Gasteiger partial charge in [-0.2, -0.15) is 0 Å². The normalized spacial score (nSPS) is 19.4. The number of cyclic esters (lactones) is 1. The van der Waals surface area contributed by atoms with Gasteiger partial charge in [0.1, 0.15) is 6.61 Å². The van der Waals surface area contributed by atoms with Gasteiger partial charge in [-0.05, 0) is 43.4 Å². The zero-order chi connectivity index (χ0) is 29.8. The second-order valence-electron chi connectivity index (χ2n) is 11.7. The number of fused-ring (bicyclic) bond motifs is 5. The first-order chi connectivity index (χ1) is 20.2. The Balaban J connectivity index is 1.60. The molecule has 0 fully saturated rings. The molecule has 1 aromatic carbocycles. The van der Waals surface area contributed by atoms with Crippen LogP contribution in [-0.4, -0.2) is 40.5 Å². The van der Waals surface area contributed by atoms with Gasteiger partial charge in [-0.3, -0.25) is 14.6 Å². The molecule has 0 radical (unpaired) electrons. The quantitative estimate of drug-likeness (QED) is 0.230. The molecule has 3 aromatic rings. The van der Waals surface area contributed by atoms with Crippen LogP contribution in [0.4, 0.5) is 11.4 Å². The number of carbonyl (C=O) groups is 2. The molecule has 0 spiro atoms. The number of guanidine groups is 1. The fourth-order valence-corrected chi connectivity index (χ4v) is 6.28. The van der Waals surface area contributed by atoms with E-state index in [1.807, 2.05) is 18.2 Å². The van der Waals surface area contributed by atoms with E-state index >= 15 is 0 Å². The van der Waals surface area contributed by atoms with Gasteiger partial charge in [-0.1, -0.05) is 40.2 Å². The van der Waals surface area contributed by atoms with Crippen molar-refractivity contribution in [1.29, 1.82) is 0 Å². The lowest BCUT2D eigenvalue weighted by molar-refractivity contribution is -0.188. The molecule has 0 saturated carbocycles. The third-order valence-electron chi connectivity index (χ3n) is 8.45. The number of rotatable bonds is 8. The summed E-state index contributed by atoms with van der Waals surface area (Å²) in [4.78, 5) is 51.6. The van der Waals surface area contributed by atoms with Gasteiger partial charge in [0.2, 0.25) is 11.6 Å². The van der Waals surface area contributed by atoms with E-state index in [2.05, 4.69) is 31.0 Å². The van der Waals surface area contributed by atoms with Gasteiger partial charge in [-0.25, -0.2) is 9.78 Å². The number of nitrogens with one attached hydrogen (secondary N) is 1. The molecule has 10 nitrogen and oxygen atoms in total. The second-order valence-corrected chi connectivity index (χ2v) is 11.7. The highest BCUT2D eigenvalue weighted by atomic mass is 16.6. The predicted octanol–water partition coefficient (Wildman–Crippen LogP) is 5.08. The summed E-state index contributed by atoms with van der Waals surface area (Å²) in [6.45, 7) is 11.2. The van der Waals surface area contributed by atoms with Crippen LogP contribution in [0.25, 0.3) is 22.3 Å². The van der Waals surface area contributed by atoms with Crippen LogP contribution in [0.5, 0.6) is 0 Å². The fraction of sp³-hybridized carbons (Fsp3) is 0.469. The molecule has 3 aliphatic heterocycles. The summed E-state index contributed by atoms with van der Waals surface area (Å²) in [7, 11) is 0. The highest BCUT2D eigenvalue weighted by Gasteiger charge is 2.50. The van der Waals surface area contributed by atoms with Crippen LogP contribution in [-0.2, 0) is 37.8 Å². The largest absolute Gasteiger partial charge is 0.457 e. The van der Waals surface area contributed by atoms with Crippen LogP contribution >= 0.6 is 0 Å². The molecular formula is C32H37N5O5. The Bertz CT molecular complexity index is 1710. The average Bonchev–Trinajstić information content (AvgIpc) is 3.33. The molecule has 0 bridgehead atoms. The number of benzene rings is 1. The summed E-state index contributed by atoms with van der Waals surface area (Å²) >= 11 is 0. The number of nitrogens with zero attached hydrogens (tertiary/aromatic N) is 4. The van der Waals surface area contributed by atoms with E-state index in [-0.39, 0.29) is 18.6 Å². The second kappa shape index (κ2) is 10.6. The van der Waals surface area contributed by atoms with Crippen LogP contribution in [0, 0.1) is 5.92 Å². The van der Waals surface area contributed by atoms with Crippen molar-refractivity contribution in [2.45, 2.75) is 79.1 Å². The maximum absolute atomic E-state index is 14.0. The van der Waals surface area contributed by atoms with Crippen molar-refractivity contribution in [2.75, 3.05) is 23.3 Å². The summed E-state index contributed by atoms with van der Waals surface area (Å²) in [6.07, 6.45) is 3.14. The fourth-order valence-electron chi connectivity index (χ4n) is 6.28. The lowest BCUT2D eigenvalue weighted by Crippen LogP contribution is -2.47. The summed E-state index contributed by atoms with van der Waals surface area (Å²) < 4.78 is 12.7. The minimum absolute atomic E-state index is 0.139. The molecule has 2 aromatic heterocycles. The molecule has 220 valence electrons. The van der Waals surface area contributed by atoms with Gasteiger partial charge >= 0.3 is 11.9 Å². The van der Waals surface area contributed by atoms with E-state index in [0.29, 0.717) is 41.5 Å². The number of pyridine rings is 2. The molecule has 6 rings (SSSR count). The zero-order valence-corrected chi connectivity index (χ0v) is 24.9. The summed E-state index contributed by atoms with van der Waals surface area (Å²) in [5, 5.41) is 4.57. The molecular weight excluding hydrogens is 534 g/mol. The third-order valence-corrected chi connectivity index (χ3v) is 8.45. The Hall–Kier alpha value is -4.21. The van der Waals surface area contributed by atoms with Gasteiger partial charge in [0.15, 0.2) is 0 Å². The van der Waals surface area contributed by atoms with Crippen LogP contribution in [0.1, 0.15) is 77.0 Å². The number of aromatic nitrogens is 2. The standard InChI is InChI=1S/C32H37N5O5/c1-6-8-13-33-31-35-24-11-9-10-23-26(24)28(36(31)14-12-18(3)4)20-16-37-25(27(20)34-23)15-22-21(29(37)39)17-41-30(40)32(22,7-2)42-19(5)38/h9-11,15,18H,6-8,12-14,16-17H2,1-5H3,(H,33,35)/t32-/m0/s1. The van der Waals surface area contributed by atoms with Crippen LogP contribution in [0.2, 0.25) is 0 Å². The molecule has 10 heteroatoms. The van der Waals surface area contributed by atoms with Crippen molar-refractivity contribution in [3.63, 3.8) is 0 Å². The highest BCUT2D eigenvalue weighted by molar-refractivity contribution is 6.21. The van der Waals surface area contributed by atoms with E-state index in [4.69, 9.17) is 19.5 Å². The Kier molecular flexibility index (Phi) is 7.03. The van der Waals surface area contributed by atoms with E-state index in [1.165, 1.54) is 6.92 Å². The minimum atomic E-state index is -1.68. The van der Waals surface area contributed by atoms with Gasteiger partial charge in [0, 0.05) is 36.5 Å². The number of unbranched alkanes of at least 4 members (excludes halogenated alkanes) is 1. The molecule has 5 heterocycles. The number of carbonyl (C=O) groups excluding carboxylic acids is 2. The van der Waals surface area contributed by atoms with Gasteiger partial charge < -0.3 is 24.3 Å². The van der Waals surface area contributed by atoms with Crippen molar-refractivity contribution in [3.8, 4) is 11.4 Å². The number of esters is 2. The topological polar surface area (TPSA) is 115 Å². The first-order valence-electron chi connectivity index (χ1n) is 14.9. The molecule has 42 heavy (non-hydrogen) atoms. The summed E-state index contributed by atoms with van der Waals surface area (Å²) in [5.74, 6) is 0.00293. The van der Waals surface area contributed by atoms with E-state index in [0.717, 1.165) is 59.6 Å². The molecule has 3 aliphatic rings. The first-order valence-corrected chi connectivity index (χ1v) is 14.9. The summed E-state index contributed by atoms with van der Waals surface area (Å²) in [6, 6.07) is 7.80. The Morgan fingerprint density at radius 2 is 2.05 bits per heavy atom. The smallest absolute Gasteiger partial charge is 0.355 e. The van der Waals surface area contributed by atoms with E-state index in [9.17, 15) is 14.4 Å². The molecule has 1 N–H and O–H groups in total. The number of anilines is 2. The van der Waals surface area contributed by atoms with Crippen molar-refractivity contribution in [3.05, 3.63) is 51.3 Å². The molecule has 0 aliphatic carbocycles.